The molecule has 0 aliphatic rings. The van der Waals surface area contributed by atoms with Gasteiger partial charge in [-0.2, -0.15) is 10.5 Å². The molecule has 0 unspecified atom stereocenters. The van der Waals surface area contributed by atoms with Crippen LogP contribution in [-0.4, -0.2) is 25.6 Å². The number of carboxylic acids is 1. The van der Waals surface area contributed by atoms with Gasteiger partial charge in [0.15, 0.2) is 17.2 Å². The van der Waals surface area contributed by atoms with E-state index in [4.69, 9.17) is 21.4 Å². The Hall–Kier alpha value is -3.39. The monoisotopic (exact) mass is 254 g/mol. The summed E-state index contributed by atoms with van der Waals surface area (Å²) in [4.78, 5) is 18.4. The van der Waals surface area contributed by atoms with Crippen LogP contribution in [0.5, 0.6) is 0 Å². The van der Waals surface area contributed by atoms with Crippen LogP contribution in [0, 0.1) is 22.7 Å². The zero-order chi connectivity index (χ0) is 14.0. The van der Waals surface area contributed by atoms with E-state index in [-0.39, 0.29) is 28.5 Å². The van der Waals surface area contributed by atoms with Crippen LogP contribution in [0.3, 0.4) is 0 Å². The fraction of sp³-hybridized carbons (Fsp3) is 0. The minimum absolute atomic E-state index is 0.00947. The number of carbonyl (C=O) groups is 1. The first-order valence-corrected chi connectivity index (χ1v) is 4.95. The van der Waals surface area contributed by atoms with Gasteiger partial charge in [-0.1, -0.05) is 0 Å². The number of anilines is 1. The number of nitrogens with zero attached hydrogens (tertiary/aromatic N) is 5. The molecule has 0 aliphatic heterocycles. The molecule has 19 heavy (non-hydrogen) atoms. The number of hydrogen-bond acceptors (Lipinski definition) is 6. The third kappa shape index (κ3) is 1.94. The highest BCUT2D eigenvalue weighted by molar-refractivity contribution is 5.88. The Balaban J connectivity index is 2.61. The van der Waals surface area contributed by atoms with Crippen molar-refractivity contribution in [3.8, 4) is 18.0 Å². The Labute approximate surface area is 107 Å². The fourth-order valence-corrected chi connectivity index (χ4v) is 1.49. The van der Waals surface area contributed by atoms with Gasteiger partial charge in [-0.3, -0.25) is 4.57 Å². The largest absolute Gasteiger partial charge is 0.478 e. The predicted octanol–water partition coefficient (Wildman–Crippen LogP) is 0.291. The number of pyridine rings is 1. The van der Waals surface area contributed by atoms with Gasteiger partial charge in [0.25, 0.3) is 0 Å². The smallest absolute Gasteiger partial charge is 0.337 e. The van der Waals surface area contributed by atoms with Crippen LogP contribution in [0.2, 0.25) is 0 Å². The summed E-state index contributed by atoms with van der Waals surface area (Å²) in [5.74, 6) is -1.01. The molecule has 0 saturated heterocycles. The van der Waals surface area contributed by atoms with Crippen molar-refractivity contribution >= 4 is 11.7 Å². The van der Waals surface area contributed by atoms with Gasteiger partial charge in [0, 0.05) is 6.20 Å². The van der Waals surface area contributed by atoms with Crippen molar-refractivity contribution in [1.82, 2.24) is 14.5 Å². The molecule has 0 saturated carbocycles. The van der Waals surface area contributed by atoms with Gasteiger partial charge < -0.3 is 10.8 Å². The van der Waals surface area contributed by atoms with Crippen LogP contribution in [0.1, 0.15) is 21.7 Å². The fourth-order valence-electron chi connectivity index (χ4n) is 1.49. The molecule has 2 aromatic heterocycles. The first-order chi connectivity index (χ1) is 9.08. The summed E-state index contributed by atoms with van der Waals surface area (Å²) in [5.41, 5.74) is 5.64. The molecule has 0 radical (unpaired) electrons. The minimum Gasteiger partial charge on any atom is -0.478 e. The molecule has 2 rings (SSSR count). The van der Waals surface area contributed by atoms with Crippen LogP contribution in [0.15, 0.2) is 18.6 Å². The Morgan fingerprint density at radius 3 is 2.63 bits per heavy atom. The van der Waals surface area contributed by atoms with Crippen molar-refractivity contribution in [2.24, 2.45) is 0 Å². The lowest BCUT2D eigenvalue weighted by atomic mass is 10.2. The first-order valence-electron chi connectivity index (χ1n) is 4.95. The second kappa shape index (κ2) is 4.47. The summed E-state index contributed by atoms with van der Waals surface area (Å²) < 4.78 is 1.24. The van der Waals surface area contributed by atoms with Gasteiger partial charge in [-0.05, 0) is 6.07 Å². The number of nitriles is 2. The first kappa shape index (κ1) is 12.1. The van der Waals surface area contributed by atoms with E-state index >= 15 is 0 Å². The lowest BCUT2D eigenvalue weighted by Crippen LogP contribution is -2.07. The van der Waals surface area contributed by atoms with E-state index in [2.05, 4.69) is 9.97 Å². The highest BCUT2D eigenvalue weighted by Gasteiger charge is 2.15. The van der Waals surface area contributed by atoms with Crippen molar-refractivity contribution < 1.29 is 9.90 Å². The lowest BCUT2D eigenvalue weighted by Gasteiger charge is -2.06. The number of carboxylic acid groups (broad SMARTS) is 1. The lowest BCUT2D eigenvalue weighted by molar-refractivity contribution is 0.0696. The Kier molecular flexibility index (Phi) is 2.84. The van der Waals surface area contributed by atoms with E-state index in [1.807, 2.05) is 6.07 Å². The van der Waals surface area contributed by atoms with Gasteiger partial charge in [-0.25, -0.2) is 14.8 Å². The van der Waals surface area contributed by atoms with Gasteiger partial charge in [0.05, 0.1) is 11.3 Å². The highest BCUT2D eigenvalue weighted by Crippen LogP contribution is 2.19. The van der Waals surface area contributed by atoms with Crippen LogP contribution in [0.25, 0.3) is 5.82 Å². The summed E-state index contributed by atoms with van der Waals surface area (Å²) in [5, 5.41) is 26.6. The number of imidazole rings is 1. The predicted molar refractivity (Wildman–Crippen MR) is 62.2 cm³/mol. The third-order valence-electron chi connectivity index (χ3n) is 2.35. The normalized spacial score (nSPS) is 9.58. The van der Waals surface area contributed by atoms with Crippen LogP contribution < -0.4 is 5.73 Å². The van der Waals surface area contributed by atoms with E-state index in [0.717, 1.165) is 6.20 Å². The summed E-state index contributed by atoms with van der Waals surface area (Å²) in [6, 6.07) is 4.81. The Morgan fingerprint density at radius 2 is 2.11 bits per heavy atom. The number of hydrogen-bond donors (Lipinski definition) is 2. The molecule has 8 heteroatoms. The summed E-state index contributed by atoms with van der Waals surface area (Å²) in [6.45, 7) is 0. The molecule has 0 amide bonds. The molecule has 0 bridgehead atoms. The second-order valence-corrected chi connectivity index (χ2v) is 3.48. The van der Waals surface area contributed by atoms with E-state index in [0.29, 0.717) is 0 Å². The number of nitrogens with two attached hydrogens (primary N) is 1. The van der Waals surface area contributed by atoms with E-state index in [1.54, 1.807) is 6.07 Å². The Bertz CT molecular complexity index is 750. The molecule has 92 valence electrons. The third-order valence-corrected chi connectivity index (χ3v) is 2.35. The maximum Gasteiger partial charge on any atom is 0.337 e. The van der Waals surface area contributed by atoms with E-state index < -0.39 is 5.97 Å². The van der Waals surface area contributed by atoms with Crippen molar-refractivity contribution in [2.75, 3.05) is 5.73 Å². The number of rotatable bonds is 2. The van der Waals surface area contributed by atoms with Crippen LogP contribution >= 0.6 is 0 Å². The molecule has 0 aliphatic carbocycles. The molecule has 0 aromatic carbocycles. The summed E-state index contributed by atoms with van der Waals surface area (Å²) >= 11 is 0. The van der Waals surface area contributed by atoms with Gasteiger partial charge in [0.2, 0.25) is 0 Å². The SMILES string of the molecule is N#Cc1ncn(-c2ncc(C(=O)O)cc2N)c1C#N. The average Bonchev–Trinajstić information content (AvgIpc) is 2.80. The molecule has 0 spiro atoms. The topological polar surface area (TPSA) is 142 Å². The van der Waals surface area contributed by atoms with Gasteiger partial charge >= 0.3 is 5.97 Å². The molecular formula is C11H6N6O2. The molecule has 2 heterocycles. The number of nitrogen functional groups attached to an aromatic ring is 1. The number of aromatic nitrogens is 3. The summed E-state index contributed by atoms with van der Waals surface area (Å²) in [6.07, 6.45) is 2.34. The zero-order valence-electron chi connectivity index (χ0n) is 9.40. The highest BCUT2D eigenvalue weighted by atomic mass is 16.4. The standard InChI is InChI=1S/C11H6N6O2/c12-2-8-9(3-13)17(5-16-8)10-7(14)1-6(4-15-10)11(18)19/h1,4-5H,14H2,(H,18,19). The van der Waals surface area contributed by atoms with E-state index in [9.17, 15) is 4.79 Å². The van der Waals surface area contributed by atoms with Gasteiger partial charge in [0.1, 0.15) is 18.5 Å². The zero-order valence-corrected chi connectivity index (χ0v) is 9.40. The molecular weight excluding hydrogens is 248 g/mol. The molecule has 0 atom stereocenters. The second-order valence-electron chi connectivity index (χ2n) is 3.48. The van der Waals surface area contributed by atoms with Crippen molar-refractivity contribution in [1.29, 1.82) is 10.5 Å². The van der Waals surface area contributed by atoms with Crippen molar-refractivity contribution in [2.45, 2.75) is 0 Å². The quantitative estimate of drug-likeness (QED) is 0.784. The number of aromatic carboxylic acids is 1. The maximum absolute atomic E-state index is 10.8. The Morgan fingerprint density at radius 1 is 1.37 bits per heavy atom. The van der Waals surface area contributed by atoms with E-state index in [1.165, 1.54) is 17.0 Å². The van der Waals surface area contributed by atoms with Gasteiger partial charge in [-0.15, -0.1) is 0 Å². The molecule has 0 fully saturated rings. The van der Waals surface area contributed by atoms with Crippen molar-refractivity contribution in [3.63, 3.8) is 0 Å². The summed E-state index contributed by atoms with van der Waals surface area (Å²) in [7, 11) is 0. The van der Waals surface area contributed by atoms with Crippen LogP contribution in [0.4, 0.5) is 5.69 Å². The maximum atomic E-state index is 10.8. The molecule has 8 nitrogen and oxygen atoms in total. The molecule has 3 N–H and O–H groups in total. The minimum atomic E-state index is -1.16. The van der Waals surface area contributed by atoms with Crippen LogP contribution in [-0.2, 0) is 0 Å². The average molecular weight is 254 g/mol. The van der Waals surface area contributed by atoms with Crippen molar-refractivity contribution in [3.05, 3.63) is 35.5 Å². The molecule has 2 aromatic rings.